The zero-order valence-corrected chi connectivity index (χ0v) is 12.0. The molecule has 1 saturated heterocycles. The molecule has 4 heteroatoms. The summed E-state index contributed by atoms with van der Waals surface area (Å²) in [5.74, 6) is -0.181. The van der Waals surface area contributed by atoms with Crippen molar-refractivity contribution in [1.29, 1.82) is 0 Å². The molecule has 2 heterocycles. The van der Waals surface area contributed by atoms with Crippen molar-refractivity contribution in [2.45, 2.75) is 38.8 Å². The monoisotopic (exact) mass is 274 g/mol. The Kier molecular flexibility index (Phi) is 3.76. The standard InChI is InChI=1S/C16H22N2O2/c1-11-12(2-3-14-15(11)10-20-16(14)19)4-7-18-8-5-13(17)6-9-18/h2-3,13H,4-10,17H2,1H3. The number of fused-ring (bicyclic) bond motifs is 1. The number of rotatable bonds is 3. The van der Waals surface area contributed by atoms with Gasteiger partial charge in [-0.2, -0.15) is 0 Å². The van der Waals surface area contributed by atoms with Gasteiger partial charge in [-0.05, 0) is 56.5 Å². The highest BCUT2D eigenvalue weighted by Crippen LogP contribution is 2.26. The molecular formula is C16H22N2O2. The molecule has 20 heavy (non-hydrogen) atoms. The number of benzene rings is 1. The van der Waals surface area contributed by atoms with Gasteiger partial charge < -0.3 is 15.4 Å². The highest BCUT2D eigenvalue weighted by Gasteiger charge is 2.24. The number of hydrogen-bond acceptors (Lipinski definition) is 4. The molecular weight excluding hydrogens is 252 g/mol. The van der Waals surface area contributed by atoms with Crippen LogP contribution in [0.15, 0.2) is 12.1 Å². The zero-order chi connectivity index (χ0) is 14.1. The molecule has 2 N–H and O–H groups in total. The van der Waals surface area contributed by atoms with Crippen LogP contribution in [-0.2, 0) is 17.8 Å². The topological polar surface area (TPSA) is 55.6 Å². The van der Waals surface area contributed by atoms with Gasteiger partial charge in [0.2, 0.25) is 0 Å². The molecule has 1 aromatic rings. The number of carbonyl (C=O) groups is 1. The third kappa shape index (κ3) is 2.58. The first-order valence-electron chi connectivity index (χ1n) is 7.41. The van der Waals surface area contributed by atoms with Crippen LogP contribution in [0.2, 0.25) is 0 Å². The summed E-state index contributed by atoms with van der Waals surface area (Å²) >= 11 is 0. The van der Waals surface area contributed by atoms with Gasteiger partial charge in [-0.25, -0.2) is 4.79 Å². The maximum absolute atomic E-state index is 11.5. The highest BCUT2D eigenvalue weighted by molar-refractivity contribution is 5.93. The Morgan fingerprint density at radius 3 is 2.85 bits per heavy atom. The van der Waals surface area contributed by atoms with Gasteiger partial charge in [-0.1, -0.05) is 6.07 Å². The molecule has 0 unspecified atom stereocenters. The van der Waals surface area contributed by atoms with Crippen molar-refractivity contribution in [2.75, 3.05) is 19.6 Å². The molecule has 108 valence electrons. The Labute approximate surface area is 119 Å². The van der Waals surface area contributed by atoms with Crippen LogP contribution in [0.5, 0.6) is 0 Å². The minimum Gasteiger partial charge on any atom is -0.457 e. The van der Waals surface area contributed by atoms with Gasteiger partial charge in [0.25, 0.3) is 0 Å². The smallest absolute Gasteiger partial charge is 0.338 e. The van der Waals surface area contributed by atoms with E-state index in [0.29, 0.717) is 12.6 Å². The maximum Gasteiger partial charge on any atom is 0.338 e. The minimum atomic E-state index is -0.181. The lowest BCUT2D eigenvalue weighted by Gasteiger charge is -2.30. The molecule has 0 aliphatic carbocycles. The molecule has 0 bridgehead atoms. The van der Waals surface area contributed by atoms with Crippen LogP contribution in [0.1, 0.15) is 39.9 Å². The van der Waals surface area contributed by atoms with Crippen molar-refractivity contribution < 1.29 is 9.53 Å². The van der Waals surface area contributed by atoms with Gasteiger partial charge in [0, 0.05) is 18.2 Å². The Morgan fingerprint density at radius 1 is 1.35 bits per heavy atom. The maximum atomic E-state index is 11.5. The Hall–Kier alpha value is -1.39. The summed E-state index contributed by atoms with van der Waals surface area (Å²) in [6, 6.07) is 4.38. The van der Waals surface area contributed by atoms with Crippen molar-refractivity contribution in [3.05, 3.63) is 34.4 Å². The van der Waals surface area contributed by atoms with E-state index in [1.165, 1.54) is 11.1 Å². The van der Waals surface area contributed by atoms with E-state index < -0.39 is 0 Å². The van der Waals surface area contributed by atoms with E-state index >= 15 is 0 Å². The molecule has 4 nitrogen and oxygen atoms in total. The number of nitrogens with two attached hydrogens (primary N) is 1. The summed E-state index contributed by atoms with van der Waals surface area (Å²) in [6.07, 6.45) is 3.24. The number of piperidine rings is 1. The van der Waals surface area contributed by atoms with Gasteiger partial charge in [-0.15, -0.1) is 0 Å². The molecule has 0 aromatic heterocycles. The summed E-state index contributed by atoms with van der Waals surface area (Å²) in [4.78, 5) is 14.0. The van der Waals surface area contributed by atoms with Gasteiger partial charge in [0.1, 0.15) is 6.61 Å². The summed E-state index contributed by atoms with van der Waals surface area (Å²) in [5, 5.41) is 0. The van der Waals surface area contributed by atoms with E-state index in [1.54, 1.807) is 0 Å². The molecule has 0 saturated carbocycles. The second-order valence-electron chi connectivity index (χ2n) is 5.88. The molecule has 3 rings (SSSR count). The molecule has 0 radical (unpaired) electrons. The van der Waals surface area contributed by atoms with Crippen LogP contribution < -0.4 is 5.73 Å². The predicted molar refractivity (Wildman–Crippen MR) is 77.7 cm³/mol. The summed E-state index contributed by atoms with van der Waals surface area (Å²) in [7, 11) is 0. The molecule has 1 aromatic carbocycles. The molecule has 2 aliphatic heterocycles. The average molecular weight is 274 g/mol. The lowest BCUT2D eigenvalue weighted by atomic mass is 9.96. The number of nitrogens with zero attached hydrogens (tertiary/aromatic N) is 1. The number of carbonyl (C=O) groups excluding carboxylic acids is 1. The van der Waals surface area contributed by atoms with Gasteiger partial charge in [0.15, 0.2) is 0 Å². The number of hydrogen-bond donors (Lipinski definition) is 1. The lowest BCUT2D eigenvalue weighted by Crippen LogP contribution is -2.40. The van der Waals surface area contributed by atoms with Gasteiger partial charge >= 0.3 is 5.97 Å². The average Bonchev–Trinajstić information content (AvgIpc) is 2.82. The first-order valence-corrected chi connectivity index (χ1v) is 7.41. The van der Waals surface area contributed by atoms with Crippen LogP contribution in [0.25, 0.3) is 0 Å². The van der Waals surface area contributed by atoms with Crippen LogP contribution >= 0.6 is 0 Å². The van der Waals surface area contributed by atoms with Crippen molar-refractivity contribution in [3.8, 4) is 0 Å². The van der Waals surface area contributed by atoms with Crippen molar-refractivity contribution in [2.24, 2.45) is 5.73 Å². The lowest BCUT2D eigenvalue weighted by molar-refractivity contribution is 0.0535. The normalized spacial score (nSPS) is 20.0. The number of esters is 1. The number of ether oxygens (including phenoxy) is 1. The second kappa shape index (κ2) is 5.54. The van der Waals surface area contributed by atoms with Gasteiger partial charge in [0.05, 0.1) is 5.56 Å². The molecule has 0 spiro atoms. The van der Waals surface area contributed by atoms with Crippen LogP contribution in [0.4, 0.5) is 0 Å². The van der Waals surface area contributed by atoms with Crippen LogP contribution in [0, 0.1) is 6.92 Å². The number of likely N-dealkylation sites (tertiary alicyclic amines) is 1. The van der Waals surface area contributed by atoms with E-state index in [-0.39, 0.29) is 5.97 Å². The van der Waals surface area contributed by atoms with Crippen LogP contribution in [-0.4, -0.2) is 36.5 Å². The molecule has 2 aliphatic rings. The summed E-state index contributed by atoms with van der Waals surface area (Å²) in [6.45, 7) is 5.81. The Morgan fingerprint density at radius 2 is 2.10 bits per heavy atom. The minimum absolute atomic E-state index is 0.181. The summed E-state index contributed by atoms with van der Waals surface area (Å²) < 4.78 is 5.10. The molecule has 0 atom stereocenters. The van der Waals surface area contributed by atoms with E-state index in [1.807, 2.05) is 6.07 Å². The van der Waals surface area contributed by atoms with E-state index in [0.717, 1.165) is 50.0 Å². The van der Waals surface area contributed by atoms with Crippen molar-refractivity contribution in [3.63, 3.8) is 0 Å². The summed E-state index contributed by atoms with van der Waals surface area (Å²) in [5.41, 5.74) is 10.3. The Bertz CT molecular complexity index is 519. The van der Waals surface area contributed by atoms with E-state index in [9.17, 15) is 4.79 Å². The van der Waals surface area contributed by atoms with E-state index in [4.69, 9.17) is 10.5 Å². The van der Waals surface area contributed by atoms with Crippen LogP contribution in [0.3, 0.4) is 0 Å². The van der Waals surface area contributed by atoms with Crippen molar-refractivity contribution >= 4 is 5.97 Å². The SMILES string of the molecule is Cc1c(CCN2CCC(N)CC2)ccc2c1COC2=O. The predicted octanol–water partition coefficient (Wildman–Crippen LogP) is 1.63. The number of cyclic esters (lactones) is 1. The Balaban J connectivity index is 1.65. The first-order chi connectivity index (χ1) is 9.65. The van der Waals surface area contributed by atoms with Gasteiger partial charge in [-0.3, -0.25) is 0 Å². The largest absolute Gasteiger partial charge is 0.457 e. The van der Waals surface area contributed by atoms with E-state index in [2.05, 4.69) is 17.9 Å². The second-order valence-corrected chi connectivity index (χ2v) is 5.88. The fourth-order valence-electron chi connectivity index (χ4n) is 3.12. The molecule has 0 amide bonds. The quantitative estimate of drug-likeness (QED) is 0.851. The molecule has 1 fully saturated rings. The fraction of sp³-hybridized carbons (Fsp3) is 0.562. The highest BCUT2D eigenvalue weighted by atomic mass is 16.5. The fourth-order valence-corrected chi connectivity index (χ4v) is 3.12. The third-order valence-corrected chi connectivity index (χ3v) is 4.61. The van der Waals surface area contributed by atoms with Crippen molar-refractivity contribution in [1.82, 2.24) is 4.90 Å². The first kappa shape index (κ1) is 13.6. The zero-order valence-electron chi connectivity index (χ0n) is 12.0. The third-order valence-electron chi connectivity index (χ3n) is 4.61.